The first-order valence-corrected chi connectivity index (χ1v) is 10.7. The molecule has 0 aliphatic carbocycles. The van der Waals surface area contributed by atoms with E-state index in [1.165, 1.54) is 0 Å². The van der Waals surface area contributed by atoms with Gasteiger partial charge in [-0.15, -0.1) is 10.2 Å². The van der Waals surface area contributed by atoms with Crippen molar-refractivity contribution in [2.75, 3.05) is 25.0 Å². The van der Waals surface area contributed by atoms with Gasteiger partial charge in [-0.2, -0.15) is 0 Å². The van der Waals surface area contributed by atoms with Gasteiger partial charge in [0.1, 0.15) is 22.0 Å². The maximum absolute atomic E-state index is 13.2. The van der Waals surface area contributed by atoms with Gasteiger partial charge in [-0.1, -0.05) is 23.5 Å². The number of carbonyl (C=O) groups is 1. The molecule has 1 fully saturated rings. The Kier molecular flexibility index (Phi) is 5.82. The van der Waals surface area contributed by atoms with Crippen LogP contribution in [-0.2, 0) is 4.79 Å². The fraction of sp³-hybridized carbons (Fsp3) is 0.429. The molecule has 3 heterocycles. The van der Waals surface area contributed by atoms with Crippen LogP contribution in [-0.4, -0.2) is 51.8 Å². The molecule has 1 aliphatic heterocycles. The lowest BCUT2D eigenvalue weighted by atomic mass is 9.95. The van der Waals surface area contributed by atoms with Gasteiger partial charge in [0, 0.05) is 29.6 Å². The number of piperidine rings is 1. The third kappa shape index (κ3) is 4.76. The number of pyridine rings is 1. The van der Waals surface area contributed by atoms with Crippen LogP contribution in [0, 0.1) is 12.8 Å². The number of nitrogens with one attached hydrogen (secondary N) is 1. The molecule has 0 radical (unpaired) electrons. The molecule has 1 N–H and O–H groups in total. The maximum atomic E-state index is 13.2. The van der Waals surface area contributed by atoms with E-state index in [-0.39, 0.29) is 11.8 Å². The molecule has 1 aliphatic rings. The zero-order chi connectivity index (χ0) is 20.4. The van der Waals surface area contributed by atoms with E-state index in [4.69, 9.17) is 0 Å². The first-order valence-electron chi connectivity index (χ1n) is 9.85. The van der Waals surface area contributed by atoms with Crippen LogP contribution in [0.4, 0.5) is 10.2 Å². The minimum absolute atomic E-state index is 0.0132. The third-order valence-corrected chi connectivity index (χ3v) is 6.10. The molecule has 2 aromatic heterocycles. The summed E-state index contributed by atoms with van der Waals surface area (Å²) in [6, 6.07) is 7.95. The smallest absolute Gasteiger partial charge is 0.228 e. The molecule has 1 aromatic carbocycles. The van der Waals surface area contributed by atoms with E-state index in [2.05, 4.69) is 25.4 Å². The molecule has 6 nitrogen and oxygen atoms in total. The molecule has 0 saturated carbocycles. The molecule has 29 heavy (non-hydrogen) atoms. The highest BCUT2D eigenvalue weighted by Gasteiger charge is 2.25. The van der Waals surface area contributed by atoms with Crippen LogP contribution in [0.15, 0.2) is 30.5 Å². The molecule has 3 aromatic rings. The number of fused-ring (bicyclic) bond motifs is 1. The van der Waals surface area contributed by atoms with Crippen LogP contribution in [0.25, 0.3) is 21.3 Å². The van der Waals surface area contributed by atoms with Gasteiger partial charge in [-0.3, -0.25) is 4.79 Å². The zero-order valence-electron chi connectivity index (χ0n) is 16.6. The molecule has 0 spiro atoms. The Hall–Kier alpha value is -2.45. The summed E-state index contributed by atoms with van der Waals surface area (Å²) in [7, 11) is 0. The van der Waals surface area contributed by atoms with Crippen LogP contribution < -0.4 is 5.32 Å². The second-order valence-electron chi connectivity index (χ2n) is 7.60. The van der Waals surface area contributed by atoms with E-state index < -0.39 is 6.17 Å². The third-order valence-electron chi connectivity index (χ3n) is 5.21. The number of benzene rings is 1. The van der Waals surface area contributed by atoms with E-state index in [1.807, 2.05) is 31.2 Å². The quantitative estimate of drug-likeness (QED) is 0.683. The van der Waals surface area contributed by atoms with Gasteiger partial charge in [-0.05, 0) is 57.3 Å². The molecular weight excluding hydrogens is 389 g/mol. The van der Waals surface area contributed by atoms with Crippen LogP contribution in [0.5, 0.6) is 0 Å². The predicted octanol–water partition coefficient (Wildman–Crippen LogP) is 4.07. The van der Waals surface area contributed by atoms with Crippen molar-refractivity contribution in [3.8, 4) is 10.6 Å². The van der Waals surface area contributed by atoms with Crippen LogP contribution in [0.1, 0.15) is 24.8 Å². The number of amides is 1. The molecule has 1 saturated heterocycles. The number of aryl methyl sites for hydroxylation is 1. The van der Waals surface area contributed by atoms with Gasteiger partial charge in [0.25, 0.3) is 0 Å². The summed E-state index contributed by atoms with van der Waals surface area (Å²) >= 11 is 1.55. The lowest BCUT2D eigenvalue weighted by Gasteiger charge is -2.31. The Balaban J connectivity index is 1.44. The predicted molar refractivity (Wildman–Crippen MR) is 114 cm³/mol. The van der Waals surface area contributed by atoms with E-state index in [0.717, 1.165) is 52.3 Å². The average molecular weight is 414 g/mol. The Morgan fingerprint density at radius 1 is 1.28 bits per heavy atom. The van der Waals surface area contributed by atoms with Gasteiger partial charge in [-0.25, -0.2) is 9.37 Å². The fourth-order valence-electron chi connectivity index (χ4n) is 3.72. The summed E-state index contributed by atoms with van der Waals surface area (Å²) in [5, 5.41) is 15.0. The van der Waals surface area contributed by atoms with Crippen molar-refractivity contribution < 1.29 is 9.18 Å². The first-order chi connectivity index (χ1) is 14.0. The Bertz CT molecular complexity index is 1010. The van der Waals surface area contributed by atoms with Crippen LogP contribution >= 0.6 is 11.3 Å². The molecule has 0 bridgehead atoms. The van der Waals surface area contributed by atoms with Gasteiger partial charge < -0.3 is 10.2 Å². The lowest BCUT2D eigenvalue weighted by Crippen LogP contribution is -2.40. The normalized spacial score (nSPS) is 16.8. The molecule has 1 atom stereocenters. The summed E-state index contributed by atoms with van der Waals surface area (Å²) in [6.45, 7) is 5.45. The summed E-state index contributed by atoms with van der Waals surface area (Å²) in [6.07, 6.45) is 2.42. The van der Waals surface area contributed by atoms with Gasteiger partial charge in [0.15, 0.2) is 0 Å². The van der Waals surface area contributed by atoms with Crippen molar-refractivity contribution in [3.63, 3.8) is 0 Å². The number of carbonyl (C=O) groups excluding carboxylic acids is 1. The summed E-state index contributed by atoms with van der Waals surface area (Å²) in [4.78, 5) is 19.1. The second kappa shape index (κ2) is 8.51. The summed E-state index contributed by atoms with van der Waals surface area (Å²) in [5.74, 6) is 0.475. The molecule has 152 valence electrons. The van der Waals surface area contributed by atoms with Crippen molar-refractivity contribution in [1.29, 1.82) is 0 Å². The Morgan fingerprint density at radius 3 is 2.76 bits per heavy atom. The lowest BCUT2D eigenvalue weighted by molar-refractivity contribution is -0.121. The van der Waals surface area contributed by atoms with Crippen molar-refractivity contribution in [2.24, 2.45) is 5.92 Å². The van der Waals surface area contributed by atoms with Crippen molar-refractivity contribution in [1.82, 2.24) is 20.1 Å². The number of nitrogens with zero attached hydrogens (tertiary/aromatic N) is 4. The van der Waals surface area contributed by atoms with E-state index in [9.17, 15) is 9.18 Å². The monoisotopic (exact) mass is 413 g/mol. The highest BCUT2D eigenvalue weighted by atomic mass is 32.1. The van der Waals surface area contributed by atoms with Gasteiger partial charge in [0.05, 0.1) is 0 Å². The molecule has 1 amide bonds. The Morgan fingerprint density at radius 2 is 2.07 bits per heavy atom. The number of hydrogen-bond acceptors (Lipinski definition) is 6. The number of likely N-dealkylation sites (tertiary alicyclic amines) is 1. The largest absolute Gasteiger partial charge is 0.310 e. The number of anilines is 1. The molecule has 4 rings (SSSR count). The Labute approximate surface area is 173 Å². The number of aromatic nitrogens is 3. The van der Waals surface area contributed by atoms with Gasteiger partial charge >= 0.3 is 0 Å². The summed E-state index contributed by atoms with van der Waals surface area (Å²) in [5.41, 5.74) is 1.00. The minimum Gasteiger partial charge on any atom is -0.310 e. The van der Waals surface area contributed by atoms with Crippen LogP contribution in [0.3, 0.4) is 0 Å². The molecule has 8 heteroatoms. The number of alkyl halides is 1. The van der Waals surface area contributed by atoms with Gasteiger partial charge in [0.2, 0.25) is 5.91 Å². The summed E-state index contributed by atoms with van der Waals surface area (Å²) < 4.78 is 13.2. The standard InChI is InChI=1S/C21H24FN5OS/c1-13(22)12-27-7-5-15(6-8-27)20(28)24-19-10-18-9-16(3-4-17(18)11-23-19)21-26-25-14(2)29-21/h3-4,9-11,13,15H,5-8,12H2,1-2H3,(H,23,24,28)/t13-/m0/s1. The molecular formula is C21H24FN5OS. The first kappa shape index (κ1) is 19.8. The van der Waals surface area contributed by atoms with Crippen molar-refractivity contribution in [3.05, 3.63) is 35.5 Å². The van der Waals surface area contributed by atoms with E-state index in [1.54, 1.807) is 24.5 Å². The van der Waals surface area contributed by atoms with E-state index in [0.29, 0.717) is 12.4 Å². The second-order valence-corrected chi connectivity index (χ2v) is 8.78. The fourth-order valence-corrected chi connectivity index (χ4v) is 4.41. The number of hydrogen-bond donors (Lipinski definition) is 1. The highest BCUT2D eigenvalue weighted by Crippen LogP contribution is 2.28. The zero-order valence-corrected chi connectivity index (χ0v) is 17.4. The SMILES string of the molecule is Cc1nnc(-c2ccc3cnc(NC(=O)C4CCN(C[C@H](C)F)CC4)cc3c2)s1. The number of halogens is 1. The minimum atomic E-state index is -0.837. The topological polar surface area (TPSA) is 71.0 Å². The van der Waals surface area contributed by atoms with Crippen LogP contribution in [0.2, 0.25) is 0 Å². The van der Waals surface area contributed by atoms with Crippen molar-refractivity contribution in [2.45, 2.75) is 32.9 Å². The molecule has 0 unspecified atom stereocenters. The van der Waals surface area contributed by atoms with Crippen molar-refractivity contribution >= 4 is 33.8 Å². The van der Waals surface area contributed by atoms with E-state index >= 15 is 0 Å². The maximum Gasteiger partial charge on any atom is 0.228 e. The highest BCUT2D eigenvalue weighted by molar-refractivity contribution is 7.14. The average Bonchev–Trinajstić information content (AvgIpc) is 3.14. The number of rotatable bonds is 5.